The molecule has 3 aromatic rings. The van der Waals surface area contributed by atoms with E-state index in [2.05, 4.69) is 5.32 Å². The van der Waals surface area contributed by atoms with E-state index in [1.54, 1.807) is 30.3 Å². The van der Waals surface area contributed by atoms with Crippen LogP contribution in [0.15, 0.2) is 77.7 Å². The van der Waals surface area contributed by atoms with Gasteiger partial charge in [0, 0.05) is 19.2 Å². The highest BCUT2D eigenvalue weighted by molar-refractivity contribution is 7.92. The van der Waals surface area contributed by atoms with Gasteiger partial charge in [0.2, 0.25) is 11.8 Å². The predicted molar refractivity (Wildman–Crippen MR) is 160 cm³/mol. The summed E-state index contributed by atoms with van der Waals surface area (Å²) in [4.78, 5) is 28.7. The summed E-state index contributed by atoms with van der Waals surface area (Å²) in [6.07, 6.45) is 1.11. The Balaban J connectivity index is 2.07. The maximum atomic E-state index is 14.1. The molecule has 2 amide bonds. The summed E-state index contributed by atoms with van der Waals surface area (Å²) in [5.41, 5.74) is 2.15. The Bertz CT molecular complexity index is 1430. The van der Waals surface area contributed by atoms with E-state index < -0.39 is 28.5 Å². The van der Waals surface area contributed by atoms with E-state index in [4.69, 9.17) is 9.47 Å². The number of benzene rings is 3. The molecule has 9 nitrogen and oxygen atoms in total. The first-order chi connectivity index (χ1) is 19.7. The molecule has 0 fully saturated rings. The predicted octanol–water partition coefficient (Wildman–Crippen LogP) is 4.54. The molecule has 0 saturated heterocycles. The average molecular weight is 582 g/mol. The van der Waals surface area contributed by atoms with Crippen LogP contribution in [0.1, 0.15) is 37.8 Å². The fraction of sp³-hybridized carbons (Fsp3) is 0.355. The second-order valence-electron chi connectivity index (χ2n) is 9.53. The number of amides is 2. The topological polar surface area (TPSA) is 105 Å². The van der Waals surface area contributed by atoms with Gasteiger partial charge in [-0.15, -0.1) is 0 Å². The zero-order valence-electron chi connectivity index (χ0n) is 24.3. The molecule has 0 aliphatic heterocycles. The lowest BCUT2D eigenvalue weighted by Gasteiger charge is -2.33. The van der Waals surface area contributed by atoms with E-state index in [-0.39, 0.29) is 23.1 Å². The van der Waals surface area contributed by atoms with Crippen LogP contribution in [0.2, 0.25) is 0 Å². The number of methoxy groups -OCH3 is 2. The third kappa shape index (κ3) is 7.58. The Morgan fingerprint density at radius 2 is 1.56 bits per heavy atom. The van der Waals surface area contributed by atoms with Crippen molar-refractivity contribution in [3.05, 3.63) is 83.9 Å². The average Bonchev–Trinajstić information content (AvgIpc) is 2.99. The molecule has 0 heterocycles. The Labute approximate surface area is 243 Å². The first kappa shape index (κ1) is 31.5. The van der Waals surface area contributed by atoms with Crippen LogP contribution in [-0.4, -0.2) is 58.5 Å². The number of anilines is 1. The van der Waals surface area contributed by atoms with Gasteiger partial charge >= 0.3 is 0 Å². The van der Waals surface area contributed by atoms with Crippen molar-refractivity contribution in [1.29, 1.82) is 0 Å². The number of ether oxygens (including phenoxy) is 2. The molecule has 3 aromatic carbocycles. The van der Waals surface area contributed by atoms with E-state index in [1.807, 2.05) is 45.0 Å². The Hall–Kier alpha value is -4.05. The first-order valence-corrected chi connectivity index (χ1v) is 15.0. The third-order valence-electron chi connectivity index (χ3n) is 6.80. The number of sulfonamides is 1. The highest BCUT2D eigenvalue weighted by Crippen LogP contribution is 2.32. The summed E-state index contributed by atoms with van der Waals surface area (Å²) in [6, 6.07) is 19.6. The molecular formula is C31H39N3O6S. The molecule has 1 atom stereocenters. The first-order valence-electron chi connectivity index (χ1n) is 13.6. The quantitative estimate of drug-likeness (QED) is 0.300. The van der Waals surface area contributed by atoms with Crippen LogP contribution in [0, 0.1) is 6.92 Å². The van der Waals surface area contributed by atoms with Crippen LogP contribution in [-0.2, 0) is 26.2 Å². The number of hydrogen-bond donors (Lipinski definition) is 1. The van der Waals surface area contributed by atoms with Crippen molar-refractivity contribution < 1.29 is 27.5 Å². The van der Waals surface area contributed by atoms with Crippen LogP contribution >= 0.6 is 0 Å². The number of hydrogen-bond acceptors (Lipinski definition) is 6. The maximum Gasteiger partial charge on any atom is 0.264 e. The van der Waals surface area contributed by atoms with E-state index in [9.17, 15) is 18.0 Å². The highest BCUT2D eigenvalue weighted by atomic mass is 32.2. The van der Waals surface area contributed by atoms with Crippen LogP contribution in [0.25, 0.3) is 0 Å². The SMILES string of the molecule is CCCNC(=O)[C@H](CC)N(Cc1ccccc1C)C(=O)CN(c1ccccc1)S(=O)(=O)c1ccc(OC)c(OC)c1. The van der Waals surface area contributed by atoms with E-state index in [1.165, 1.54) is 37.3 Å². The molecule has 41 heavy (non-hydrogen) atoms. The van der Waals surface area contributed by atoms with Crippen molar-refractivity contribution in [2.45, 2.75) is 51.1 Å². The van der Waals surface area contributed by atoms with Crippen molar-refractivity contribution >= 4 is 27.5 Å². The van der Waals surface area contributed by atoms with Gasteiger partial charge in [-0.2, -0.15) is 0 Å². The van der Waals surface area contributed by atoms with Gasteiger partial charge in [-0.1, -0.05) is 56.3 Å². The van der Waals surface area contributed by atoms with E-state index in [0.29, 0.717) is 24.4 Å². The fourth-order valence-corrected chi connectivity index (χ4v) is 5.91. The number of nitrogens with zero attached hydrogens (tertiary/aromatic N) is 2. The van der Waals surface area contributed by atoms with Gasteiger partial charge in [0.25, 0.3) is 10.0 Å². The number of carbonyl (C=O) groups is 2. The van der Waals surface area contributed by atoms with Crippen LogP contribution in [0.3, 0.4) is 0 Å². The molecule has 0 radical (unpaired) electrons. The zero-order valence-corrected chi connectivity index (χ0v) is 25.1. The van der Waals surface area contributed by atoms with Gasteiger partial charge < -0.3 is 19.7 Å². The molecule has 1 N–H and O–H groups in total. The molecule has 0 unspecified atom stereocenters. The molecule has 10 heteroatoms. The molecule has 0 aromatic heterocycles. The zero-order chi connectivity index (χ0) is 30.0. The normalized spacial score (nSPS) is 11.8. The van der Waals surface area contributed by atoms with Crippen molar-refractivity contribution in [2.24, 2.45) is 0 Å². The monoisotopic (exact) mass is 581 g/mol. The largest absolute Gasteiger partial charge is 0.493 e. The third-order valence-corrected chi connectivity index (χ3v) is 8.57. The van der Waals surface area contributed by atoms with E-state index >= 15 is 0 Å². The van der Waals surface area contributed by atoms with Crippen molar-refractivity contribution in [1.82, 2.24) is 10.2 Å². The standard InChI is InChI=1S/C31H39N3O6S/c1-6-19-32-31(36)27(7-2)33(21-24-14-12-11-13-23(24)3)30(35)22-34(25-15-9-8-10-16-25)41(37,38)26-17-18-28(39-4)29(20-26)40-5/h8-18,20,27H,6-7,19,21-22H2,1-5H3,(H,32,36)/t27-/m0/s1. The Morgan fingerprint density at radius 3 is 2.17 bits per heavy atom. The molecular weight excluding hydrogens is 542 g/mol. The number of carbonyl (C=O) groups excluding carboxylic acids is 2. The molecule has 0 aliphatic carbocycles. The van der Waals surface area contributed by atoms with Gasteiger partial charge in [-0.25, -0.2) is 8.42 Å². The number of aryl methyl sites for hydroxylation is 1. The number of nitrogens with one attached hydrogen (secondary N) is 1. The lowest BCUT2D eigenvalue weighted by Crippen LogP contribution is -2.52. The summed E-state index contributed by atoms with van der Waals surface area (Å²) >= 11 is 0. The van der Waals surface area contributed by atoms with Crippen molar-refractivity contribution in [3.63, 3.8) is 0 Å². The highest BCUT2D eigenvalue weighted by Gasteiger charge is 2.34. The molecule has 0 bridgehead atoms. The van der Waals surface area contributed by atoms with Crippen LogP contribution in [0.4, 0.5) is 5.69 Å². The van der Waals surface area contributed by atoms with Gasteiger partial charge in [-0.05, 0) is 55.2 Å². The summed E-state index contributed by atoms with van der Waals surface area (Å²) in [5, 5.41) is 2.89. The molecule has 0 saturated carbocycles. The second-order valence-corrected chi connectivity index (χ2v) is 11.4. The summed E-state index contributed by atoms with van der Waals surface area (Å²) in [7, 11) is -1.35. The minimum absolute atomic E-state index is 0.0648. The Morgan fingerprint density at radius 1 is 0.902 bits per heavy atom. The summed E-state index contributed by atoms with van der Waals surface area (Å²) in [6.45, 7) is 5.85. The Kier molecular flexibility index (Phi) is 11.2. The lowest BCUT2D eigenvalue weighted by molar-refractivity contribution is -0.140. The minimum Gasteiger partial charge on any atom is -0.493 e. The van der Waals surface area contributed by atoms with Crippen LogP contribution in [0.5, 0.6) is 11.5 Å². The van der Waals surface area contributed by atoms with Gasteiger partial charge in [0.05, 0.1) is 24.8 Å². The molecule has 0 spiro atoms. The molecule has 0 aliphatic rings. The second kappa shape index (κ2) is 14.5. The lowest BCUT2D eigenvalue weighted by atomic mass is 10.1. The number of rotatable bonds is 14. The van der Waals surface area contributed by atoms with Crippen molar-refractivity contribution in [2.75, 3.05) is 31.6 Å². The summed E-state index contributed by atoms with van der Waals surface area (Å²) < 4.78 is 39.8. The van der Waals surface area contributed by atoms with Crippen molar-refractivity contribution in [3.8, 4) is 11.5 Å². The van der Waals surface area contributed by atoms with Gasteiger partial charge in [-0.3, -0.25) is 13.9 Å². The van der Waals surface area contributed by atoms with Gasteiger partial charge in [0.15, 0.2) is 11.5 Å². The molecule has 220 valence electrons. The maximum absolute atomic E-state index is 14.1. The number of para-hydroxylation sites is 1. The summed E-state index contributed by atoms with van der Waals surface area (Å²) in [5.74, 6) is -0.153. The van der Waals surface area contributed by atoms with E-state index in [0.717, 1.165) is 21.9 Å². The van der Waals surface area contributed by atoms with Crippen LogP contribution < -0.4 is 19.1 Å². The van der Waals surface area contributed by atoms with Gasteiger partial charge in [0.1, 0.15) is 12.6 Å². The molecule has 3 rings (SSSR count). The smallest absolute Gasteiger partial charge is 0.264 e. The fourth-order valence-electron chi connectivity index (χ4n) is 4.48. The minimum atomic E-state index is -4.24.